The van der Waals surface area contributed by atoms with Crippen molar-refractivity contribution in [3.05, 3.63) is 23.8 Å². The summed E-state index contributed by atoms with van der Waals surface area (Å²) in [5.41, 5.74) is 1.46. The third kappa shape index (κ3) is 1.44. The van der Waals surface area contributed by atoms with E-state index in [1.165, 1.54) is 6.20 Å². The van der Waals surface area contributed by atoms with Crippen LogP contribution in [-0.2, 0) is 7.05 Å². The zero-order valence-corrected chi connectivity index (χ0v) is 9.43. The van der Waals surface area contributed by atoms with Crippen molar-refractivity contribution in [2.24, 2.45) is 7.05 Å². The molecular formula is C11H13N3O2. The number of pyridine rings is 1. The molecule has 0 amide bonds. The third-order valence-corrected chi connectivity index (χ3v) is 2.56. The summed E-state index contributed by atoms with van der Waals surface area (Å²) in [6.07, 6.45) is 2.95. The number of carbonyl (C=O) groups is 1. The lowest BCUT2D eigenvalue weighted by atomic mass is 10.2. The number of hydrogen-bond acceptors (Lipinski definition) is 3. The van der Waals surface area contributed by atoms with Gasteiger partial charge in [0.05, 0.1) is 11.7 Å². The quantitative estimate of drug-likeness (QED) is 0.836. The summed E-state index contributed by atoms with van der Waals surface area (Å²) in [5, 5.41) is 9.07. The molecule has 2 aromatic heterocycles. The van der Waals surface area contributed by atoms with Gasteiger partial charge >= 0.3 is 5.97 Å². The minimum Gasteiger partial charge on any atom is -0.478 e. The van der Waals surface area contributed by atoms with Crippen LogP contribution in [-0.4, -0.2) is 25.6 Å². The monoisotopic (exact) mass is 219 g/mol. The lowest BCUT2D eigenvalue weighted by Crippen LogP contribution is -2.04. The van der Waals surface area contributed by atoms with E-state index in [4.69, 9.17) is 5.11 Å². The van der Waals surface area contributed by atoms with Gasteiger partial charge in [0.15, 0.2) is 0 Å². The van der Waals surface area contributed by atoms with Gasteiger partial charge in [-0.05, 0) is 0 Å². The first-order chi connectivity index (χ1) is 7.52. The van der Waals surface area contributed by atoms with Gasteiger partial charge < -0.3 is 9.67 Å². The van der Waals surface area contributed by atoms with Crippen LogP contribution in [0.5, 0.6) is 0 Å². The zero-order valence-electron chi connectivity index (χ0n) is 9.43. The molecule has 0 aliphatic carbocycles. The van der Waals surface area contributed by atoms with E-state index in [0.29, 0.717) is 11.0 Å². The molecule has 0 fully saturated rings. The highest BCUT2D eigenvalue weighted by atomic mass is 16.4. The third-order valence-electron chi connectivity index (χ3n) is 2.56. The van der Waals surface area contributed by atoms with Crippen LogP contribution in [0, 0.1) is 0 Å². The lowest BCUT2D eigenvalue weighted by molar-refractivity contribution is 0.0698. The van der Waals surface area contributed by atoms with Gasteiger partial charge in [-0.25, -0.2) is 9.78 Å². The average Bonchev–Trinajstić information content (AvgIpc) is 2.56. The Morgan fingerprint density at radius 3 is 2.69 bits per heavy atom. The van der Waals surface area contributed by atoms with Crippen LogP contribution in [0.15, 0.2) is 12.4 Å². The molecule has 0 saturated carbocycles. The highest BCUT2D eigenvalue weighted by Crippen LogP contribution is 2.22. The number of aromatic nitrogens is 3. The molecule has 0 atom stereocenters. The smallest absolute Gasteiger partial charge is 0.339 e. The van der Waals surface area contributed by atoms with E-state index in [1.54, 1.807) is 6.20 Å². The number of carboxylic acids is 1. The van der Waals surface area contributed by atoms with Gasteiger partial charge in [0.25, 0.3) is 0 Å². The Morgan fingerprint density at radius 1 is 1.44 bits per heavy atom. The topological polar surface area (TPSA) is 68.0 Å². The summed E-state index contributed by atoms with van der Waals surface area (Å²) in [6.45, 7) is 4.05. The highest BCUT2D eigenvalue weighted by molar-refractivity contribution is 6.00. The average molecular weight is 219 g/mol. The van der Waals surface area contributed by atoms with Crippen LogP contribution in [0.4, 0.5) is 0 Å². The van der Waals surface area contributed by atoms with Gasteiger partial charge in [-0.1, -0.05) is 13.8 Å². The standard InChI is InChI=1S/C11H13N3O2/c1-6(2)10-13-8-5-12-4-7(11(15)16)9(8)14(10)3/h4-6H,1-3H3,(H,15,16). The first-order valence-electron chi connectivity index (χ1n) is 5.06. The minimum absolute atomic E-state index is 0.194. The van der Waals surface area contributed by atoms with E-state index in [-0.39, 0.29) is 11.5 Å². The van der Waals surface area contributed by atoms with Crippen LogP contribution < -0.4 is 0 Å². The number of rotatable bonds is 2. The molecule has 0 radical (unpaired) electrons. The summed E-state index contributed by atoms with van der Waals surface area (Å²) in [7, 11) is 1.83. The lowest BCUT2D eigenvalue weighted by Gasteiger charge is -2.05. The largest absolute Gasteiger partial charge is 0.478 e. The van der Waals surface area contributed by atoms with Gasteiger partial charge in [-0.3, -0.25) is 4.98 Å². The molecule has 0 bridgehead atoms. The van der Waals surface area contributed by atoms with Gasteiger partial charge in [0.1, 0.15) is 16.9 Å². The van der Waals surface area contributed by atoms with Crippen molar-refractivity contribution in [1.29, 1.82) is 0 Å². The Hall–Kier alpha value is -1.91. The van der Waals surface area contributed by atoms with Gasteiger partial charge in [0.2, 0.25) is 0 Å². The van der Waals surface area contributed by atoms with Crippen LogP contribution in [0.1, 0.15) is 35.9 Å². The molecule has 0 aromatic carbocycles. The van der Waals surface area contributed by atoms with E-state index in [9.17, 15) is 4.79 Å². The fraction of sp³-hybridized carbons (Fsp3) is 0.364. The molecule has 2 rings (SSSR count). The molecule has 1 N–H and O–H groups in total. The molecular weight excluding hydrogens is 206 g/mol. The van der Waals surface area contributed by atoms with Crippen molar-refractivity contribution >= 4 is 17.0 Å². The van der Waals surface area contributed by atoms with Crippen LogP contribution >= 0.6 is 0 Å². The maximum Gasteiger partial charge on any atom is 0.339 e. The van der Waals surface area contributed by atoms with Gasteiger partial charge in [-0.2, -0.15) is 0 Å². The predicted octanol–water partition coefficient (Wildman–Crippen LogP) is 1.79. The Bertz CT molecular complexity index is 558. The number of imidazole rings is 1. The molecule has 5 nitrogen and oxygen atoms in total. The number of nitrogens with zero attached hydrogens (tertiary/aromatic N) is 3. The van der Waals surface area contributed by atoms with E-state index in [0.717, 1.165) is 5.82 Å². The summed E-state index contributed by atoms with van der Waals surface area (Å²) < 4.78 is 1.82. The second-order valence-corrected chi connectivity index (χ2v) is 4.04. The number of aromatic carboxylic acids is 1. The fourth-order valence-electron chi connectivity index (χ4n) is 1.86. The Morgan fingerprint density at radius 2 is 2.12 bits per heavy atom. The maximum absolute atomic E-state index is 11.1. The Kier molecular flexibility index (Phi) is 2.38. The van der Waals surface area contributed by atoms with E-state index in [2.05, 4.69) is 9.97 Å². The van der Waals surface area contributed by atoms with E-state index >= 15 is 0 Å². The number of aryl methyl sites for hydroxylation is 1. The normalized spacial score (nSPS) is 11.2. The Balaban J connectivity index is 2.82. The predicted molar refractivity (Wildman–Crippen MR) is 59.6 cm³/mol. The second kappa shape index (κ2) is 3.59. The van der Waals surface area contributed by atoms with Gasteiger partial charge in [-0.15, -0.1) is 0 Å². The highest BCUT2D eigenvalue weighted by Gasteiger charge is 2.17. The molecule has 84 valence electrons. The van der Waals surface area contributed by atoms with Crippen molar-refractivity contribution in [3.63, 3.8) is 0 Å². The van der Waals surface area contributed by atoms with Crippen molar-refractivity contribution < 1.29 is 9.90 Å². The summed E-state index contributed by atoms with van der Waals surface area (Å²) in [4.78, 5) is 19.3. The molecule has 0 saturated heterocycles. The van der Waals surface area contributed by atoms with E-state index in [1.807, 2.05) is 25.5 Å². The number of hydrogen-bond donors (Lipinski definition) is 1. The molecule has 0 unspecified atom stereocenters. The van der Waals surface area contributed by atoms with Crippen LogP contribution in [0.2, 0.25) is 0 Å². The summed E-state index contributed by atoms with van der Waals surface area (Å²) >= 11 is 0. The minimum atomic E-state index is -0.976. The summed E-state index contributed by atoms with van der Waals surface area (Å²) in [5.74, 6) is 0.140. The SMILES string of the molecule is CC(C)c1nc2cncc(C(=O)O)c2n1C. The molecule has 0 aliphatic heterocycles. The molecule has 0 spiro atoms. The van der Waals surface area contributed by atoms with Crippen molar-refractivity contribution in [2.45, 2.75) is 19.8 Å². The number of fused-ring (bicyclic) bond motifs is 1. The van der Waals surface area contributed by atoms with Crippen LogP contribution in [0.25, 0.3) is 11.0 Å². The van der Waals surface area contributed by atoms with Gasteiger partial charge in [0, 0.05) is 19.2 Å². The van der Waals surface area contributed by atoms with E-state index < -0.39 is 5.97 Å². The second-order valence-electron chi connectivity index (χ2n) is 4.04. The molecule has 2 heterocycles. The van der Waals surface area contributed by atoms with Crippen molar-refractivity contribution in [3.8, 4) is 0 Å². The maximum atomic E-state index is 11.1. The molecule has 2 aromatic rings. The molecule has 5 heteroatoms. The molecule has 0 aliphatic rings. The molecule has 16 heavy (non-hydrogen) atoms. The number of carboxylic acid groups (broad SMARTS) is 1. The first kappa shape index (κ1) is 10.6. The summed E-state index contributed by atoms with van der Waals surface area (Å²) in [6, 6.07) is 0. The van der Waals surface area contributed by atoms with Crippen LogP contribution in [0.3, 0.4) is 0 Å². The Labute approximate surface area is 92.8 Å². The van der Waals surface area contributed by atoms with Crippen molar-refractivity contribution in [1.82, 2.24) is 14.5 Å². The first-order valence-corrected chi connectivity index (χ1v) is 5.06. The fourth-order valence-corrected chi connectivity index (χ4v) is 1.86. The van der Waals surface area contributed by atoms with Crippen molar-refractivity contribution in [2.75, 3.05) is 0 Å². The zero-order chi connectivity index (χ0) is 11.9.